The Hall–Kier alpha value is -2.01. The molecule has 9 nitrogen and oxygen atoms in total. The van der Waals surface area contributed by atoms with E-state index < -0.39 is 21.8 Å². The van der Waals surface area contributed by atoms with Gasteiger partial charge in [-0.15, -0.1) is 5.10 Å². The van der Waals surface area contributed by atoms with Gasteiger partial charge in [-0.05, 0) is 15.9 Å². The molecule has 19 heavy (non-hydrogen) atoms. The van der Waals surface area contributed by atoms with Crippen LogP contribution in [0.5, 0.6) is 0 Å². The molecule has 0 saturated heterocycles. The molecule has 0 aromatic carbocycles. The average Bonchev–Trinajstić information content (AvgIpc) is 2.73. The summed E-state index contributed by atoms with van der Waals surface area (Å²) in [5.41, 5.74) is 0. The van der Waals surface area contributed by atoms with Gasteiger partial charge in [0.1, 0.15) is 4.90 Å². The predicted octanol–water partition coefficient (Wildman–Crippen LogP) is 0.726. The molecule has 0 amide bonds. The summed E-state index contributed by atoms with van der Waals surface area (Å²) in [6.07, 6.45) is 2.52. The summed E-state index contributed by atoms with van der Waals surface area (Å²) in [6.45, 7) is 0. The summed E-state index contributed by atoms with van der Waals surface area (Å²) in [6, 6.07) is 0.866. The maximum absolute atomic E-state index is 12.0. The quantitative estimate of drug-likeness (QED) is 0.824. The number of rotatable bonds is 4. The van der Waals surface area contributed by atoms with Gasteiger partial charge in [0.25, 0.3) is 16.0 Å². The van der Waals surface area contributed by atoms with Crippen molar-refractivity contribution in [1.29, 1.82) is 0 Å². The zero-order valence-corrected chi connectivity index (χ0v) is 11.3. The van der Waals surface area contributed by atoms with Gasteiger partial charge >= 0.3 is 5.97 Å². The lowest BCUT2D eigenvalue weighted by Gasteiger charge is -2.02. The lowest BCUT2D eigenvalue weighted by molar-refractivity contribution is 0.0661. The van der Waals surface area contributed by atoms with Gasteiger partial charge in [0.2, 0.25) is 5.76 Å². The van der Waals surface area contributed by atoms with Crippen LogP contribution in [0.25, 0.3) is 0 Å². The SMILES string of the molecule is O=C(O)c1cc(S(=O)(=O)Nc2nccnn2)c(Br)o1. The summed E-state index contributed by atoms with van der Waals surface area (Å²) < 4.78 is 30.5. The molecular weight excluding hydrogens is 344 g/mol. The van der Waals surface area contributed by atoms with Gasteiger partial charge in [-0.2, -0.15) is 5.10 Å². The number of hydrogen-bond donors (Lipinski definition) is 2. The van der Waals surface area contributed by atoms with Crippen molar-refractivity contribution in [2.75, 3.05) is 4.72 Å². The van der Waals surface area contributed by atoms with Crippen LogP contribution in [0.3, 0.4) is 0 Å². The van der Waals surface area contributed by atoms with Crippen LogP contribution >= 0.6 is 15.9 Å². The third-order valence-corrected chi connectivity index (χ3v) is 4.05. The van der Waals surface area contributed by atoms with Gasteiger partial charge in [-0.1, -0.05) is 0 Å². The molecule has 2 N–H and O–H groups in total. The number of furan rings is 1. The van der Waals surface area contributed by atoms with E-state index in [0.29, 0.717) is 0 Å². The number of carboxylic acid groups (broad SMARTS) is 1. The molecule has 2 aromatic rings. The molecule has 0 atom stereocenters. The lowest BCUT2D eigenvalue weighted by Crippen LogP contribution is -2.15. The minimum atomic E-state index is -4.08. The Morgan fingerprint density at radius 2 is 2.16 bits per heavy atom. The number of aromatic nitrogens is 3. The minimum Gasteiger partial charge on any atom is -0.475 e. The largest absolute Gasteiger partial charge is 0.475 e. The number of nitrogens with one attached hydrogen (secondary N) is 1. The molecule has 0 spiro atoms. The maximum Gasteiger partial charge on any atom is 0.371 e. The van der Waals surface area contributed by atoms with Crippen molar-refractivity contribution >= 4 is 37.9 Å². The van der Waals surface area contributed by atoms with Crippen LogP contribution in [0.4, 0.5) is 5.95 Å². The summed E-state index contributed by atoms with van der Waals surface area (Å²) in [4.78, 5) is 13.9. The first-order valence-corrected chi connectivity index (χ1v) is 6.87. The molecule has 0 fully saturated rings. The Bertz CT molecular complexity index is 714. The van der Waals surface area contributed by atoms with Crippen LogP contribution in [-0.2, 0) is 10.0 Å². The van der Waals surface area contributed by atoms with Crippen LogP contribution in [-0.4, -0.2) is 34.7 Å². The topological polar surface area (TPSA) is 135 Å². The number of sulfonamides is 1. The van der Waals surface area contributed by atoms with Gasteiger partial charge in [0.05, 0.1) is 12.4 Å². The van der Waals surface area contributed by atoms with Crippen molar-refractivity contribution in [2.45, 2.75) is 4.90 Å². The summed E-state index contributed by atoms with van der Waals surface area (Å²) in [5.74, 6) is -2.15. The Balaban J connectivity index is 2.37. The van der Waals surface area contributed by atoms with E-state index in [0.717, 1.165) is 6.07 Å². The van der Waals surface area contributed by atoms with E-state index in [2.05, 4.69) is 31.1 Å². The predicted molar refractivity (Wildman–Crippen MR) is 64.0 cm³/mol. The first kappa shape index (κ1) is 13.4. The molecule has 0 unspecified atom stereocenters. The molecule has 0 aliphatic carbocycles. The number of nitrogens with zero attached hydrogens (tertiary/aromatic N) is 3. The Morgan fingerprint density at radius 3 is 2.68 bits per heavy atom. The average molecular weight is 349 g/mol. The Morgan fingerprint density at radius 1 is 1.42 bits per heavy atom. The van der Waals surface area contributed by atoms with Crippen molar-refractivity contribution in [1.82, 2.24) is 15.2 Å². The Kier molecular flexibility index (Phi) is 3.48. The fraction of sp³-hybridized carbons (Fsp3) is 0. The third kappa shape index (κ3) is 2.88. The van der Waals surface area contributed by atoms with E-state index in [1.54, 1.807) is 0 Å². The highest BCUT2D eigenvalue weighted by Gasteiger charge is 2.25. The fourth-order valence-corrected chi connectivity index (χ4v) is 3.00. The zero-order valence-electron chi connectivity index (χ0n) is 8.94. The second-order valence-electron chi connectivity index (χ2n) is 3.13. The maximum atomic E-state index is 12.0. The normalized spacial score (nSPS) is 11.2. The second kappa shape index (κ2) is 4.93. The van der Waals surface area contributed by atoms with E-state index in [-0.39, 0.29) is 15.5 Å². The molecule has 11 heteroatoms. The van der Waals surface area contributed by atoms with E-state index in [1.807, 2.05) is 4.72 Å². The first-order valence-electron chi connectivity index (χ1n) is 4.59. The molecule has 0 radical (unpaired) electrons. The molecule has 0 aliphatic rings. The van der Waals surface area contributed by atoms with Gasteiger partial charge in [0, 0.05) is 6.07 Å². The van der Waals surface area contributed by atoms with Crippen LogP contribution in [0.2, 0.25) is 0 Å². The van der Waals surface area contributed by atoms with E-state index in [9.17, 15) is 13.2 Å². The summed E-state index contributed by atoms with van der Waals surface area (Å²) >= 11 is 2.83. The summed E-state index contributed by atoms with van der Waals surface area (Å²) in [5, 5.41) is 15.6. The highest BCUT2D eigenvalue weighted by Crippen LogP contribution is 2.27. The van der Waals surface area contributed by atoms with Crippen LogP contribution in [0.15, 0.2) is 32.4 Å². The van der Waals surface area contributed by atoms with Crippen LogP contribution in [0.1, 0.15) is 10.6 Å². The molecular formula is C8H5BrN4O5S. The lowest BCUT2D eigenvalue weighted by atomic mass is 10.5. The van der Waals surface area contributed by atoms with E-state index in [4.69, 9.17) is 9.52 Å². The molecule has 2 heterocycles. The van der Waals surface area contributed by atoms with Crippen molar-refractivity contribution in [3.63, 3.8) is 0 Å². The Labute approximate surface area is 114 Å². The number of carbonyl (C=O) groups is 1. The number of halogens is 1. The number of carboxylic acids is 1. The molecule has 0 aliphatic heterocycles. The highest BCUT2D eigenvalue weighted by atomic mass is 79.9. The van der Waals surface area contributed by atoms with E-state index in [1.165, 1.54) is 12.4 Å². The minimum absolute atomic E-state index is 0.235. The number of anilines is 1. The molecule has 0 bridgehead atoms. The van der Waals surface area contributed by atoms with Crippen molar-refractivity contribution in [3.05, 3.63) is 28.9 Å². The molecule has 2 aromatic heterocycles. The number of aromatic carboxylic acids is 1. The smallest absolute Gasteiger partial charge is 0.371 e. The summed E-state index contributed by atoms with van der Waals surface area (Å²) in [7, 11) is -4.08. The van der Waals surface area contributed by atoms with Gasteiger partial charge in [-0.3, -0.25) is 0 Å². The molecule has 100 valence electrons. The molecule has 0 saturated carbocycles. The van der Waals surface area contributed by atoms with Crippen LogP contribution < -0.4 is 4.72 Å². The van der Waals surface area contributed by atoms with Gasteiger partial charge in [0.15, 0.2) is 4.67 Å². The van der Waals surface area contributed by atoms with Crippen molar-refractivity contribution in [2.24, 2.45) is 0 Å². The molecule has 2 rings (SSSR count). The number of hydrogen-bond acceptors (Lipinski definition) is 7. The van der Waals surface area contributed by atoms with Crippen molar-refractivity contribution < 1.29 is 22.7 Å². The monoisotopic (exact) mass is 348 g/mol. The van der Waals surface area contributed by atoms with E-state index >= 15 is 0 Å². The van der Waals surface area contributed by atoms with Crippen molar-refractivity contribution in [3.8, 4) is 0 Å². The van der Waals surface area contributed by atoms with Gasteiger partial charge < -0.3 is 9.52 Å². The highest BCUT2D eigenvalue weighted by molar-refractivity contribution is 9.10. The standard InChI is InChI=1S/C8H5BrN4O5S/c9-6-5(3-4(18-6)7(14)15)19(16,17)13-8-10-1-2-11-12-8/h1-3H,(H,14,15)(H,10,12,13). The fourth-order valence-electron chi connectivity index (χ4n) is 1.11. The third-order valence-electron chi connectivity index (χ3n) is 1.86. The first-order chi connectivity index (χ1) is 8.90. The van der Waals surface area contributed by atoms with Crippen LogP contribution in [0, 0.1) is 0 Å². The second-order valence-corrected chi connectivity index (χ2v) is 5.50. The van der Waals surface area contributed by atoms with Gasteiger partial charge in [-0.25, -0.2) is 22.9 Å². The zero-order chi connectivity index (χ0) is 14.0.